The molecule has 32 heavy (non-hydrogen) atoms. The molecule has 5 rings (SSSR count). The van der Waals surface area contributed by atoms with Crippen molar-refractivity contribution in [3.05, 3.63) is 39.9 Å². The maximum atomic E-state index is 13.4. The number of aromatic amines is 1. The van der Waals surface area contributed by atoms with E-state index in [2.05, 4.69) is 25.4 Å². The van der Waals surface area contributed by atoms with Gasteiger partial charge in [-0.25, -0.2) is 4.68 Å². The summed E-state index contributed by atoms with van der Waals surface area (Å²) in [4.78, 5) is 18.8. The first-order valence-corrected chi connectivity index (χ1v) is 11.5. The number of rotatable bonds is 6. The van der Waals surface area contributed by atoms with Gasteiger partial charge in [-0.3, -0.25) is 9.69 Å². The third-order valence-corrected chi connectivity index (χ3v) is 6.86. The number of fused-ring (bicyclic) bond motifs is 1. The van der Waals surface area contributed by atoms with Crippen molar-refractivity contribution in [1.29, 1.82) is 0 Å². The number of tetrazole rings is 1. The van der Waals surface area contributed by atoms with Crippen LogP contribution in [-0.4, -0.2) is 57.4 Å². The summed E-state index contributed by atoms with van der Waals surface area (Å²) in [6, 6.07) is 5.69. The standard InChI is InChI=1S/C23H30N6O3/c1-31-19-13-15-12-17(23(30)24-18(15)14-20(19)32-2)21(28-10-6-3-7-11-28)22-25-26-27-29(22)16-8-4-5-9-16/h12-14,16,21H,3-11H2,1-2H3,(H,24,30)/t21-/m1/s1. The highest BCUT2D eigenvalue weighted by Crippen LogP contribution is 2.36. The molecular formula is C23H30N6O3. The van der Waals surface area contributed by atoms with Gasteiger partial charge in [0, 0.05) is 17.0 Å². The summed E-state index contributed by atoms with van der Waals surface area (Å²) < 4.78 is 12.9. The van der Waals surface area contributed by atoms with E-state index < -0.39 is 0 Å². The SMILES string of the molecule is COc1cc2cc([C@H](c3nnnn3C3CCCC3)N3CCCCC3)c(=O)[nH]c2cc1OC. The van der Waals surface area contributed by atoms with Gasteiger partial charge in [0.25, 0.3) is 5.56 Å². The van der Waals surface area contributed by atoms with Crippen LogP contribution in [0.2, 0.25) is 0 Å². The number of pyridine rings is 1. The molecule has 0 spiro atoms. The Morgan fingerprint density at radius 2 is 1.72 bits per heavy atom. The number of nitrogens with zero attached hydrogens (tertiary/aromatic N) is 5. The largest absolute Gasteiger partial charge is 0.493 e. The molecule has 9 nitrogen and oxygen atoms in total. The lowest BCUT2D eigenvalue weighted by atomic mass is 10.00. The zero-order chi connectivity index (χ0) is 22.1. The summed E-state index contributed by atoms with van der Waals surface area (Å²) in [5.74, 6) is 1.98. The molecule has 0 radical (unpaired) electrons. The molecule has 1 aliphatic carbocycles. The van der Waals surface area contributed by atoms with E-state index in [1.807, 2.05) is 16.8 Å². The minimum atomic E-state index is -0.285. The maximum Gasteiger partial charge on any atom is 0.253 e. The van der Waals surface area contributed by atoms with Gasteiger partial charge in [0.1, 0.15) is 6.04 Å². The minimum absolute atomic E-state index is 0.124. The quantitative estimate of drug-likeness (QED) is 0.631. The van der Waals surface area contributed by atoms with E-state index in [9.17, 15) is 4.79 Å². The Morgan fingerprint density at radius 3 is 2.44 bits per heavy atom. The summed E-state index contributed by atoms with van der Waals surface area (Å²) in [6.07, 6.45) is 7.97. The van der Waals surface area contributed by atoms with Gasteiger partial charge in [0.15, 0.2) is 17.3 Å². The van der Waals surface area contributed by atoms with E-state index in [-0.39, 0.29) is 11.6 Å². The Hall–Kier alpha value is -2.94. The molecule has 3 aromatic rings. The summed E-state index contributed by atoms with van der Waals surface area (Å²) in [5, 5.41) is 13.7. The van der Waals surface area contributed by atoms with Gasteiger partial charge in [-0.05, 0) is 61.3 Å². The lowest BCUT2D eigenvalue weighted by molar-refractivity contribution is 0.174. The monoisotopic (exact) mass is 438 g/mol. The molecule has 2 aromatic heterocycles. The van der Waals surface area contributed by atoms with Crippen molar-refractivity contribution in [1.82, 2.24) is 30.1 Å². The zero-order valence-electron chi connectivity index (χ0n) is 18.7. The Morgan fingerprint density at radius 1 is 1.00 bits per heavy atom. The van der Waals surface area contributed by atoms with E-state index in [1.165, 1.54) is 19.3 Å². The van der Waals surface area contributed by atoms with Crippen molar-refractivity contribution < 1.29 is 9.47 Å². The van der Waals surface area contributed by atoms with E-state index in [0.29, 0.717) is 28.6 Å². The number of likely N-dealkylation sites (tertiary alicyclic amines) is 1. The summed E-state index contributed by atoms with van der Waals surface area (Å²) in [7, 11) is 3.20. The molecule has 1 aliphatic heterocycles. The molecule has 1 saturated carbocycles. The zero-order valence-corrected chi connectivity index (χ0v) is 18.7. The maximum absolute atomic E-state index is 13.4. The minimum Gasteiger partial charge on any atom is -0.493 e. The molecule has 2 aliphatic rings. The van der Waals surface area contributed by atoms with Gasteiger partial charge >= 0.3 is 0 Å². The smallest absolute Gasteiger partial charge is 0.253 e. The molecule has 0 unspecified atom stereocenters. The van der Waals surface area contributed by atoms with Crippen LogP contribution in [0.25, 0.3) is 10.9 Å². The van der Waals surface area contributed by atoms with Crippen molar-refractivity contribution in [2.45, 2.75) is 57.0 Å². The Kier molecular flexibility index (Phi) is 5.82. The van der Waals surface area contributed by atoms with Gasteiger partial charge in [0.05, 0.1) is 25.8 Å². The van der Waals surface area contributed by atoms with E-state index >= 15 is 0 Å². The number of hydrogen-bond donors (Lipinski definition) is 1. The molecule has 1 saturated heterocycles. The predicted octanol–water partition coefficient (Wildman–Crippen LogP) is 3.22. The molecule has 3 heterocycles. The van der Waals surface area contributed by atoms with E-state index in [4.69, 9.17) is 9.47 Å². The van der Waals surface area contributed by atoms with Gasteiger partial charge in [0.2, 0.25) is 0 Å². The first kappa shape index (κ1) is 20.9. The van der Waals surface area contributed by atoms with Crippen molar-refractivity contribution in [2.75, 3.05) is 27.3 Å². The van der Waals surface area contributed by atoms with Crippen molar-refractivity contribution in [3.63, 3.8) is 0 Å². The molecule has 1 aromatic carbocycles. The van der Waals surface area contributed by atoms with Crippen molar-refractivity contribution in [3.8, 4) is 11.5 Å². The Bertz CT molecular complexity index is 1140. The van der Waals surface area contributed by atoms with Gasteiger partial charge in [-0.1, -0.05) is 19.3 Å². The van der Waals surface area contributed by atoms with Crippen LogP contribution >= 0.6 is 0 Å². The van der Waals surface area contributed by atoms with Crippen LogP contribution < -0.4 is 15.0 Å². The van der Waals surface area contributed by atoms with Crippen LogP contribution in [-0.2, 0) is 0 Å². The molecule has 0 bridgehead atoms. The van der Waals surface area contributed by atoms with Crippen LogP contribution in [0.1, 0.15) is 68.4 Å². The molecule has 1 atom stereocenters. The number of piperidine rings is 1. The average Bonchev–Trinajstić information content (AvgIpc) is 3.52. The van der Waals surface area contributed by atoms with Gasteiger partial charge in [-0.2, -0.15) is 0 Å². The molecule has 9 heteroatoms. The van der Waals surface area contributed by atoms with Crippen LogP contribution in [0.4, 0.5) is 0 Å². The van der Waals surface area contributed by atoms with E-state index in [1.54, 1.807) is 20.3 Å². The summed E-state index contributed by atoms with van der Waals surface area (Å²) in [6.45, 7) is 1.84. The Labute approximate surface area is 186 Å². The second-order valence-electron chi connectivity index (χ2n) is 8.77. The number of H-pyrrole nitrogens is 1. The fraction of sp³-hybridized carbons (Fsp3) is 0.565. The molecule has 2 fully saturated rings. The van der Waals surface area contributed by atoms with Crippen molar-refractivity contribution in [2.24, 2.45) is 0 Å². The fourth-order valence-corrected chi connectivity index (χ4v) is 5.22. The number of nitrogens with one attached hydrogen (secondary N) is 1. The topological polar surface area (TPSA) is 98.2 Å². The highest BCUT2D eigenvalue weighted by Gasteiger charge is 2.33. The fourth-order valence-electron chi connectivity index (χ4n) is 5.22. The predicted molar refractivity (Wildman–Crippen MR) is 120 cm³/mol. The first-order valence-electron chi connectivity index (χ1n) is 11.5. The van der Waals surface area contributed by atoms with Crippen LogP contribution in [0.5, 0.6) is 11.5 Å². The molecule has 170 valence electrons. The number of benzene rings is 1. The number of ether oxygens (including phenoxy) is 2. The first-order chi connectivity index (χ1) is 15.7. The summed E-state index contributed by atoms with van der Waals surface area (Å²) in [5.41, 5.74) is 1.26. The van der Waals surface area contributed by atoms with Crippen LogP contribution in [0.15, 0.2) is 23.0 Å². The lowest BCUT2D eigenvalue weighted by Gasteiger charge is -2.34. The molecule has 0 amide bonds. The van der Waals surface area contributed by atoms with Crippen molar-refractivity contribution >= 4 is 10.9 Å². The normalized spacial score (nSPS) is 18.8. The van der Waals surface area contributed by atoms with E-state index in [0.717, 1.165) is 50.0 Å². The number of aromatic nitrogens is 5. The third kappa shape index (κ3) is 3.74. The highest BCUT2D eigenvalue weighted by atomic mass is 16.5. The summed E-state index contributed by atoms with van der Waals surface area (Å²) >= 11 is 0. The number of hydrogen-bond acceptors (Lipinski definition) is 7. The van der Waals surface area contributed by atoms with Crippen LogP contribution in [0, 0.1) is 0 Å². The second-order valence-corrected chi connectivity index (χ2v) is 8.77. The third-order valence-electron chi connectivity index (χ3n) is 6.86. The van der Waals surface area contributed by atoms with Crippen LogP contribution in [0.3, 0.4) is 0 Å². The Balaban J connectivity index is 1.65. The molecule has 1 N–H and O–H groups in total. The van der Waals surface area contributed by atoms with Gasteiger partial charge < -0.3 is 14.5 Å². The second kappa shape index (κ2) is 8.90. The average molecular weight is 439 g/mol. The number of methoxy groups -OCH3 is 2. The van der Waals surface area contributed by atoms with Gasteiger partial charge in [-0.15, -0.1) is 5.10 Å². The molecular weight excluding hydrogens is 408 g/mol. The lowest BCUT2D eigenvalue weighted by Crippen LogP contribution is -2.38. The highest BCUT2D eigenvalue weighted by molar-refractivity contribution is 5.83.